The summed E-state index contributed by atoms with van der Waals surface area (Å²) in [6.45, 7) is -0.521. The number of nitrogens with zero attached hydrogens (tertiary/aromatic N) is 1. The van der Waals surface area contributed by atoms with Crippen LogP contribution in [0.15, 0.2) is 30.3 Å². The van der Waals surface area contributed by atoms with Crippen molar-refractivity contribution in [3.05, 3.63) is 35.9 Å². The fraction of sp³-hybridized carbons (Fsp3) is 0.300. The summed E-state index contributed by atoms with van der Waals surface area (Å²) in [4.78, 5) is 11.4. The molecule has 0 spiro atoms. The molecule has 1 aliphatic rings. The molecule has 1 aromatic rings. The zero-order valence-electron chi connectivity index (χ0n) is 7.82. The van der Waals surface area contributed by atoms with Crippen LogP contribution in [0.3, 0.4) is 0 Å². The molecule has 1 amide bonds. The maximum atomic E-state index is 12.4. The minimum absolute atomic E-state index is 0.0201. The molecule has 0 aromatic heterocycles. The van der Waals surface area contributed by atoms with E-state index in [1.54, 1.807) is 24.3 Å². The lowest BCUT2D eigenvalue weighted by Gasteiger charge is -2.05. The van der Waals surface area contributed by atoms with Crippen LogP contribution in [-0.4, -0.2) is 23.6 Å². The van der Waals surface area contributed by atoms with Gasteiger partial charge in [0.15, 0.2) is 0 Å². The number of halogens is 2. The van der Waals surface area contributed by atoms with Gasteiger partial charge in [0.05, 0.1) is 0 Å². The molecule has 80 valence electrons. The van der Waals surface area contributed by atoms with Crippen LogP contribution in [0.2, 0.25) is 0 Å². The first-order chi connectivity index (χ1) is 7.09. The fourth-order valence-electron chi connectivity index (χ4n) is 1.15. The van der Waals surface area contributed by atoms with Crippen LogP contribution in [0, 0.1) is 0 Å². The molecule has 0 aliphatic carbocycles. The highest BCUT2D eigenvalue weighted by atomic mass is 19.3. The van der Waals surface area contributed by atoms with Gasteiger partial charge in [-0.3, -0.25) is 0 Å². The largest absolute Gasteiger partial charge is 0.444 e. The number of ether oxygens (including phenoxy) is 1. The Labute approximate surface area is 85.3 Å². The smallest absolute Gasteiger partial charge is 0.415 e. The van der Waals surface area contributed by atoms with Gasteiger partial charge in [0.2, 0.25) is 0 Å². The van der Waals surface area contributed by atoms with Crippen molar-refractivity contribution >= 4 is 6.09 Å². The Morgan fingerprint density at radius 3 is 2.53 bits per heavy atom. The number of amides is 1. The van der Waals surface area contributed by atoms with Crippen LogP contribution in [-0.2, 0) is 11.3 Å². The van der Waals surface area contributed by atoms with E-state index >= 15 is 0 Å². The van der Waals surface area contributed by atoms with Crippen LogP contribution in [0.4, 0.5) is 13.6 Å². The molecule has 1 fully saturated rings. The number of carbonyl (C=O) groups excluding carboxylic acids is 1. The van der Waals surface area contributed by atoms with E-state index in [4.69, 9.17) is 4.74 Å². The summed E-state index contributed by atoms with van der Waals surface area (Å²) >= 11 is 0. The van der Waals surface area contributed by atoms with E-state index in [2.05, 4.69) is 0 Å². The summed E-state index contributed by atoms with van der Waals surface area (Å²) < 4.78 is 29.5. The van der Waals surface area contributed by atoms with Gasteiger partial charge in [-0.05, 0) is 5.56 Å². The lowest BCUT2D eigenvalue weighted by molar-refractivity contribution is 0.0403. The van der Waals surface area contributed by atoms with E-state index < -0.39 is 18.7 Å². The molecule has 2 rings (SSSR count). The molecule has 1 saturated heterocycles. The second kappa shape index (κ2) is 3.49. The molecule has 0 saturated carbocycles. The van der Waals surface area contributed by atoms with Crippen LogP contribution in [0.25, 0.3) is 0 Å². The summed E-state index contributed by atoms with van der Waals surface area (Å²) in [5.41, 5.74) is 0.774. The first-order valence-corrected chi connectivity index (χ1v) is 4.46. The number of benzene rings is 1. The average molecular weight is 213 g/mol. The second-order valence-electron chi connectivity index (χ2n) is 3.29. The van der Waals surface area contributed by atoms with Gasteiger partial charge < -0.3 is 4.74 Å². The molecule has 0 N–H and O–H groups in total. The van der Waals surface area contributed by atoms with Crippen LogP contribution >= 0.6 is 0 Å². The van der Waals surface area contributed by atoms with Crippen molar-refractivity contribution in [3.63, 3.8) is 0 Å². The van der Waals surface area contributed by atoms with Gasteiger partial charge >= 0.3 is 12.1 Å². The Balaban J connectivity index is 1.82. The van der Waals surface area contributed by atoms with Gasteiger partial charge in [0.1, 0.15) is 13.2 Å². The van der Waals surface area contributed by atoms with E-state index in [-0.39, 0.29) is 6.61 Å². The molecule has 0 radical (unpaired) electrons. The van der Waals surface area contributed by atoms with Crippen molar-refractivity contribution in [2.45, 2.75) is 12.7 Å². The number of hydrogen-bond donors (Lipinski definition) is 0. The number of alkyl halides is 2. The summed E-state index contributed by atoms with van der Waals surface area (Å²) in [5.74, 6) is 0. The zero-order valence-corrected chi connectivity index (χ0v) is 7.82. The highest BCUT2D eigenvalue weighted by Crippen LogP contribution is 2.35. The molecule has 0 bridgehead atoms. The van der Waals surface area contributed by atoms with Crippen molar-refractivity contribution in [1.29, 1.82) is 0 Å². The van der Waals surface area contributed by atoms with Crippen molar-refractivity contribution in [2.75, 3.05) is 6.54 Å². The Bertz CT molecular complexity index is 367. The Morgan fingerprint density at radius 2 is 2.00 bits per heavy atom. The molecular weight excluding hydrogens is 204 g/mol. The quantitative estimate of drug-likeness (QED) is 0.557. The zero-order chi connectivity index (χ0) is 10.9. The lowest BCUT2D eigenvalue weighted by Crippen LogP contribution is -2.17. The minimum Gasteiger partial charge on any atom is -0.444 e. The Kier molecular flexibility index (Phi) is 2.30. The van der Waals surface area contributed by atoms with E-state index in [1.807, 2.05) is 6.07 Å². The van der Waals surface area contributed by atoms with E-state index in [0.29, 0.717) is 4.90 Å². The predicted octanol–water partition coefficient (Wildman–Crippen LogP) is 2.23. The van der Waals surface area contributed by atoms with Gasteiger partial charge in [-0.15, -0.1) is 0 Å². The molecule has 1 aliphatic heterocycles. The SMILES string of the molecule is O=C(OCc1ccccc1)N1CC1(F)F. The van der Waals surface area contributed by atoms with Crippen molar-refractivity contribution in [2.24, 2.45) is 0 Å². The third kappa shape index (κ3) is 2.23. The van der Waals surface area contributed by atoms with Gasteiger partial charge in [-0.2, -0.15) is 8.78 Å². The predicted molar refractivity (Wildman–Crippen MR) is 48.3 cm³/mol. The topological polar surface area (TPSA) is 29.3 Å². The van der Waals surface area contributed by atoms with Crippen LogP contribution < -0.4 is 0 Å². The number of hydrogen-bond acceptors (Lipinski definition) is 2. The van der Waals surface area contributed by atoms with E-state index in [9.17, 15) is 13.6 Å². The van der Waals surface area contributed by atoms with E-state index in [1.165, 1.54) is 0 Å². The molecular formula is C10H9F2NO2. The first kappa shape index (κ1) is 9.89. The molecule has 1 aromatic carbocycles. The maximum Gasteiger partial charge on any atom is 0.415 e. The molecule has 15 heavy (non-hydrogen) atoms. The summed E-state index contributed by atoms with van der Waals surface area (Å²) in [6.07, 6.45) is -0.969. The Hall–Kier alpha value is -1.65. The third-order valence-corrected chi connectivity index (χ3v) is 2.07. The lowest BCUT2D eigenvalue weighted by atomic mass is 10.2. The fourth-order valence-corrected chi connectivity index (χ4v) is 1.15. The summed E-state index contributed by atoms with van der Waals surface area (Å²) in [7, 11) is 0. The van der Waals surface area contributed by atoms with Crippen LogP contribution in [0.1, 0.15) is 5.56 Å². The van der Waals surface area contributed by atoms with Crippen molar-refractivity contribution in [1.82, 2.24) is 4.90 Å². The van der Waals surface area contributed by atoms with Gasteiger partial charge in [-0.1, -0.05) is 30.3 Å². The van der Waals surface area contributed by atoms with Gasteiger partial charge in [-0.25, -0.2) is 9.69 Å². The first-order valence-electron chi connectivity index (χ1n) is 4.46. The molecule has 3 nitrogen and oxygen atoms in total. The summed E-state index contributed by atoms with van der Waals surface area (Å²) in [5, 5.41) is 0. The van der Waals surface area contributed by atoms with Crippen molar-refractivity contribution < 1.29 is 18.3 Å². The normalized spacial score (nSPS) is 17.3. The van der Waals surface area contributed by atoms with Crippen molar-refractivity contribution in [3.8, 4) is 0 Å². The molecule has 5 heteroatoms. The monoisotopic (exact) mass is 213 g/mol. The third-order valence-electron chi connectivity index (χ3n) is 2.07. The number of rotatable bonds is 2. The standard InChI is InChI=1S/C10H9F2NO2/c11-10(12)7-13(10)9(14)15-6-8-4-2-1-3-5-8/h1-5H,6-7H2. The van der Waals surface area contributed by atoms with Gasteiger partial charge in [0, 0.05) is 0 Å². The van der Waals surface area contributed by atoms with Gasteiger partial charge in [0.25, 0.3) is 0 Å². The molecule has 0 unspecified atom stereocenters. The molecule has 1 heterocycles. The maximum absolute atomic E-state index is 12.4. The highest BCUT2D eigenvalue weighted by molar-refractivity contribution is 5.71. The average Bonchev–Trinajstić information content (AvgIpc) is 2.86. The second-order valence-corrected chi connectivity index (χ2v) is 3.29. The van der Waals surface area contributed by atoms with Crippen LogP contribution in [0.5, 0.6) is 0 Å². The number of carbonyl (C=O) groups is 1. The van der Waals surface area contributed by atoms with E-state index in [0.717, 1.165) is 5.56 Å². The summed E-state index contributed by atoms with van der Waals surface area (Å²) in [6, 6.07) is 5.91. The minimum atomic E-state index is -3.01. The molecule has 0 atom stereocenters. The highest BCUT2D eigenvalue weighted by Gasteiger charge is 2.59. The Morgan fingerprint density at radius 1 is 1.40 bits per heavy atom.